The van der Waals surface area contributed by atoms with Crippen LogP contribution in [0.1, 0.15) is 33.2 Å². The Labute approximate surface area is 109 Å². The highest BCUT2D eigenvalue weighted by atomic mass is 16.4. The molecule has 0 aliphatic rings. The van der Waals surface area contributed by atoms with Crippen LogP contribution >= 0.6 is 0 Å². The summed E-state index contributed by atoms with van der Waals surface area (Å²) in [5.74, 6) is 2.45. The number of carboxylic acid groups (broad SMARTS) is 2. The zero-order valence-electron chi connectivity index (χ0n) is 10.1. The average Bonchev–Trinajstić information content (AvgIpc) is 2.34. The van der Waals surface area contributed by atoms with E-state index in [2.05, 4.69) is 17.2 Å². The minimum atomic E-state index is -1.26. The number of nitrogens with one attached hydrogen (secondary N) is 1. The molecule has 3 N–H and O–H groups in total. The highest BCUT2D eigenvalue weighted by Crippen LogP contribution is 2.11. The molecule has 0 saturated heterocycles. The first-order valence-corrected chi connectivity index (χ1v) is 5.25. The number of benzene rings is 1. The average molecular weight is 261 g/mol. The van der Waals surface area contributed by atoms with Crippen molar-refractivity contribution in [2.24, 2.45) is 0 Å². The molecular formula is C13H11NO5. The van der Waals surface area contributed by atoms with Gasteiger partial charge in [0.15, 0.2) is 0 Å². The lowest BCUT2D eigenvalue weighted by Gasteiger charge is -2.01. The molecule has 0 unspecified atom stereocenters. The third-order valence-corrected chi connectivity index (χ3v) is 2.15. The summed E-state index contributed by atoms with van der Waals surface area (Å²) in [6.45, 7) is 1.43. The lowest BCUT2D eigenvalue weighted by molar-refractivity contribution is -0.118. The predicted octanol–water partition coefficient (Wildman–Crippen LogP) is 0.571. The zero-order chi connectivity index (χ0) is 14.4. The van der Waals surface area contributed by atoms with Gasteiger partial charge in [0.05, 0.1) is 17.7 Å². The van der Waals surface area contributed by atoms with E-state index in [9.17, 15) is 14.4 Å². The van der Waals surface area contributed by atoms with E-state index < -0.39 is 11.9 Å². The van der Waals surface area contributed by atoms with Gasteiger partial charge >= 0.3 is 11.9 Å². The molecule has 0 fully saturated rings. The van der Waals surface area contributed by atoms with Gasteiger partial charge in [0.1, 0.15) is 0 Å². The summed E-state index contributed by atoms with van der Waals surface area (Å²) in [4.78, 5) is 32.4. The van der Waals surface area contributed by atoms with Gasteiger partial charge in [-0.05, 0) is 18.2 Å². The molecule has 0 spiro atoms. The quantitative estimate of drug-likeness (QED) is 0.690. The highest BCUT2D eigenvalue weighted by Gasteiger charge is 2.12. The van der Waals surface area contributed by atoms with Crippen LogP contribution in [0.15, 0.2) is 18.2 Å². The maximum atomic E-state index is 11.0. The molecule has 0 heterocycles. The second-order valence-electron chi connectivity index (χ2n) is 3.58. The first kappa shape index (κ1) is 14.3. The van der Waals surface area contributed by atoms with E-state index in [0.29, 0.717) is 0 Å². The Balaban J connectivity index is 3.03. The second kappa shape index (κ2) is 6.21. The normalized spacial score (nSPS) is 9.11. The fourth-order valence-corrected chi connectivity index (χ4v) is 1.27. The number of aromatic carboxylic acids is 2. The summed E-state index contributed by atoms with van der Waals surface area (Å²) in [5.41, 5.74) is -0.108. The Morgan fingerprint density at radius 3 is 2.42 bits per heavy atom. The number of carbonyl (C=O) groups excluding carboxylic acids is 1. The first-order valence-electron chi connectivity index (χ1n) is 5.25. The SMILES string of the molecule is CC(=O)NCC#Cc1ccc(C(=O)O)cc1C(=O)O. The topological polar surface area (TPSA) is 104 Å². The number of rotatable bonds is 3. The van der Waals surface area contributed by atoms with Crippen LogP contribution in [-0.2, 0) is 4.79 Å². The zero-order valence-corrected chi connectivity index (χ0v) is 10.1. The van der Waals surface area contributed by atoms with E-state index in [1.165, 1.54) is 19.1 Å². The fourth-order valence-electron chi connectivity index (χ4n) is 1.27. The van der Waals surface area contributed by atoms with Gasteiger partial charge in [0.2, 0.25) is 5.91 Å². The van der Waals surface area contributed by atoms with Gasteiger partial charge < -0.3 is 15.5 Å². The molecule has 19 heavy (non-hydrogen) atoms. The molecule has 1 amide bonds. The molecule has 0 aliphatic carbocycles. The van der Waals surface area contributed by atoms with Crippen molar-refractivity contribution in [3.05, 3.63) is 34.9 Å². The van der Waals surface area contributed by atoms with Crippen LogP contribution in [0, 0.1) is 11.8 Å². The Bertz CT molecular complexity index is 595. The monoisotopic (exact) mass is 261 g/mol. The van der Waals surface area contributed by atoms with Gasteiger partial charge in [-0.1, -0.05) is 11.8 Å². The smallest absolute Gasteiger partial charge is 0.336 e. The van der Waals surface area contributed by atoms with Crippen LogP contribution < -0.4 is 5.32 Å². The van der Waals surface area contributed by atoms with Gasteiger partial charge in [-0.15, -0.1) is 0 Å². The number of hydrogen-bond donors (Lipinski definition) is 3. The van der Waals surface area contributed by atoms with Gasteiger partial charge in [-0.2, -0.15) is 0 Å². The van der Waals surface area contributed by atoms with Crippen LogP contribution in [0.3, 0.4) is 0 Å². The minimum Gasteiger partial charge on any atom is -0.478 e. The van der Waals surface area contributed by atoms with E-state index in [4.69, 9.17) is 10.2 Å². The van der Waals surface area contributed by atoms with Crippen molar-refractivity contribution >= 4 is 17.8 Å². The molecule has 1 rings (SSSR count). The lowest BCUT2D eigenvalue weighted by Crippen LogP contribution is -2.19. The molecule has 6 heteroatoms. The van der Waals surface area contributed by atoms with Crippen molar-refractivity contribution in [3.63, 3.8) is 0 Å². The summed E-state index contributed by atoms with van der Waals surface area (Å²) >= 11 is 0. The Kier molecular flexibility index (Phi) is 4.66. The third-order valence-electron chi connectivity index (χ3n) is 2.15. The fraction of sp³-hybridized carbons (Fsp3) is 0.154. The summed E-state index contributed by atoms with van der Waals surface area (Å²) in [6.07, 6.45) is 0. The lowest BCUT2D eigenvalue weighted by atomic mass is 10.0. The summed E-state index contributed by atoms with van der Waals surface area (Å²) in [5, 5.41) is 20.2. The van der Waals surface area contributed by atoms with Crippen molar-refractivity contribution in [1.82, 2.24) is 5.32 Å². The maximum Gasteiger partial charge on any atom is 0.336 e. The van der Waals surface area contributed by atoms with Crippen LogP contribution in [0.2, 0.25) is 0 Å². The van der Waals surface area contributed by atoms with Gasteiger partial charge in [-0.3, -0.25) is 4.79 Å². The number of carbonyl (C=O) groups is 3. The Morgan fingerprint density at radius 1 is 1.21 bits per heavy atom. The molecule has 0 saturated carbocycles. The van der Waals surface area contributed by atoms with Gasteiger partial charge in [0.25, 0.3) is 0 Å². The number of hydrogen-bond acceptors (Lipinski definition) is 3. The molecule has 0 atom stereocenters. The molecule has 0 bridgehead atoms. The molecule has 1 aromatic rings. The molecule has 1 aromatic carbocycles. The maximum absolute atomic E-state index is 11.0. The van der Waals surface area contributed by atoms with Crippen LogP contribution in [-0.4, -0.2) is 34.6 Å². The molecule has 0 aromatic heterocycles. The second-order valence-corrected chi connectivity index (χ2v) is 3.58. The molecular weight excluding hydrogens is 250 g/mol. The van der Waals surface area contributed by atoms with E-state index in [0.717, 1.165) is 6.07 Å². The third kappa shape index (κ3) is 4.16. The Hall–Kier alpha value is -2.81. The highest BCUT2D eigenvalue weighted by molar-refractivity contribution is 5.95. The van der Waals surface area contributed by atoms with Gasteiger partial charge in [-0.25, -0.2) is 9.59 Å². The van der Waals surface area contributed by atoms with Crippen LogP contribution in [0.4, 0.5) is 0 Å². The summed E-state index contributed by atoms with van der Waals surface area (Å²) in [7, 11) is 0. The molecule has 6 nitrogen and oxygen atoms in total. The minimum absolute atomic E-state index is 0.0923. The number of amides is 1. The summed E-state index contributed by atoms with van der Waals surface area (Å²) < 4.78 is 0. The van der Waals surface area contributed by atoms with Crippen LogP contribution in [0.25, 0.3) is 0 Å². The van der Waals surface area contributed by atoms with Crippen LogP contribution in [0.5, 0.6) is 0 Å². The summed E-state index contributed by atoms with van der Waals surface area (Å²) in [6, 6.07) is 3.65. The van der Waals surface area contributed by atoms with E-state index in [-0.39, 0.29) is 29.1 Å². The van der Waals surface area contributed by atoms with E-state index >= 15 is 0 Å². The van der Waals surface area contributed by atoms with Crippen molar-refractivity contribution in [3.8, 4) is 11.8 Å². The largest absolute Gasteiger partial charge is 0.478 e. The van der Waals surface area contributed by atoms with Crippen molar-refractivity contribution < 1.29 is 24.6 Å². The van der Waals surface area contributed by atoms with Gasteiger partial charge in [0, 0.05) is 12.5 Å². The van der Waals surface area contributed by atoms with E-state index in [1.54, 1.807) is 0 Å². The molecule has 0 radical (unpaired) electrons. The standard InChI is InChI=1S/C13H11NO5/c1-8(15)14-6-2-3-9-4-5-10(12(16)17)7-11(9)13(18)19/h4-5,7H,6H2,1H3,(H,14,15)(H,16,17)(H,18,19). The number of carboxylic acids is 2. The van der Waals surface area contributed by atoms with Crippen molar-refractivity contribution in [2.45, 2.75) is 6.92 Å². The van der Waals surface area contributed by atoms with Crippen molar-refractivity contribution in [1.29, 1.82) is 0 Å². The Morgan fingerprint density at radius 2 is 1.89 bits per heavy atom. The molecule has 0 aliphatic heterocycles. The predicted molar refractivity (Wildman–Crippen MR) is 65.9 cm³/mol. The van der Waals surface area contributed by atoms with E-state index in [1.807, 2.05) is 0 Å². The molecule has 98 valence electrons. The first-order chi connectivity index (χ1) is 8.91. The van der Waals surface area contributed by atoms with Crippen molar-refractivity contribution in [2.75, 3.05) is 6.54 Å².